The lowest BCUT2D eigenvalue weighted by Gasteiger charge is -2.31. The van der Waals surface area contributed by atoms with Gasteiger partial charge in [-0.15, -0.1) is 0 Å². The van der Waals surface area contributed by atoms with Crippen LogP contribution in [0.3, 0.4) is 0 Å². The molecule has 5 rings (SSSR count). The fraction of sp³-hybridized carbons (Fsp3) is 0.435. The standard InChI is InChI=1S/C23H26N6O4/c30-22(31)15-12-18-19(26-14-15)13-20(29-8-10-32-11-9-29)28-21(18)33-17-4-2-16(3-5-17)27-23-24-6-1-7-25-23/h1,6-7,12-14,16-17H,2-5,8-11H2,(H,30,31)(H,24,25,27)/p-1. The molecule has 1 saturated heterocycles. The van der Waals surface area contributed by atoms with Gasteiger partial charge in [0, 0.05) is 49.4 Å². The molecule has 2 fully saturated rings. The summed E-state index contributed by atoms with van der Waals surface area (Å²) in [6.07, 6.45) is 8.22. The number of carbonyl (C=O) groups is 1. The highest BCUT2D eigenvalue weighted by Gasteiger charge is 2.25. The molecule has 0 atom stereocenters. The number of hydrogen-bond donors (Lipinski definition) is 1. The van der Waals surface area contributed by atoms with E-state index < -0.39 is 5.97 Å². The van der Waals surface area contributed by atoms with E-state index in [2.05, 4.69) is 25.2 Å². The highest BCUT2D eigenvalue weighted by Crippen LogP contribution is 2.32. The van der Waals surface area contributed by atoms with E-state index in [1.165, 1.54) is 12.3 Å². The van der Waals surface area contributed by atoms with Crippen molar-refractivity contribution >= 4 is 28.6 Å². The molecule has 3 aromatic heterocycles. The summed E-state index contributed by atoms with van der Waals surface area (Å²) in [5.74, 6) is 0.523. The second-order valence-electron chi connectivity index (χ2n) is 8.27. The lowest BCUT2D eigenvalue weighted by atomic mass is 9.93. The molecule has 10 nitrogen and oxygen atoms in total. The molecule has 1 aliphatic carbocycles. The normalized spacial score (nSPS) is 21.0. The van der Waals surface area contributed by atoms with Gasteiger partial charge in [0.25, 0.3) is 0 Å². The summed E-state index contributed by atoms with van der Waals surface area (Å²) in [7, 11) is 0. The number of fused-ring (bicyclic) bond motifs is 1. The third-order valence-corrected chi connectivity index (χ3v) is 6.05. The summed E-state index contributed by atoms with van der Waals surface area (Å²) in [6.45, 7) is 2.73. The average molecular weight is 449 g/mol. The lowest BCUT2D eigenvalue weighted by Crippen LogP contribution is -2.37. The maximum Gasteiger partial charge on any atom is 0.225 e. The summed E-state index contributed by atoms with van der Waals surface area (Å²) in [6, 6.07) is 5.47. The SMILES string of the molecule is O=C([O-])c1cnc2cc(N3CCOCC3)nc(OC3CCC(Nc4ncccn4)CC3)c2c1. The van der Waals surface area contributed by atoms with Crippen LogP contribution in [-0.2, 0) is 4.74 Å². The Hall–Kier alpha value is -3.53. The molecule has 0 aromatic carbocycles. The van der Waals surface area contributed by atoms with E-state index in [4.69, 9.17) is 14.5 Å². The predicted molar refractivity (Wildman–Crippen MR) is 119 cm³/mol. The van der Waals surface area contributed by atoms with Crippen LogP contribution in [0.25, 0.3) is 10.9 Å². The average Bonchev–Trinajstić information content (AvgIpc) is 2.86. The third kappa shape index (κ3) is 4.95. The largest absolute Gasteiger partial charge is 0.545 e. The van der Waals surface area contributed by atoms with Gasteiger partial charge in [-0.2, -0.15) is 4.98 Å². The molecule has 172 valence electrons. The van der Waals surface area contributed by atoms with Crippen LogP contribution in [-0.4, -0.2) is 64.4 Å². The number of pyridine rings is 2. The molecule has 0 radical (unpaired) electrons. The molecule has 0 unspecified atom stereocenters. The maximum atomic E-state index is 11.4. The molecule has 1 saturated carbocycles. The van der Waals surface area contributed by atoms with Crippen molar-refractivity contribution in [3.8, 4) is 5.88 Å². The minimum Gasteiger partial charge on any atom is -0.545 e. The third-order valence-electron chi connectivity index (χ3n) is 6.05. The number of ether oxygens (including phenoxy) is 2. The number of aromatic carboxylic acids is 1. The molecular formula is C23H25N6O4-. The van der Waals surface area contributed by atoms with Crippen LogP contribution in [0.2, 0.25) is 0 Å². The van der Waals surface area contributed by atoms with Gasteiger partial charge in [0.1, 0.15) is 11.9 Å². The second-order valence-corrected chi connectivity index (χ2v) is 8.27. The Balaban J connectivity index is 1.35. The van der Waals surface area contributed by atoms with Gasteiger partial charge in [-0.05, 0) is 37.8 Å². The van der Waals surface area contributed by atoms with Crippen molar-refractivity contribution in [2.75, 3.05) is 36.5 Å². The fourth-order valence-corrected chi connectivity index (χ4v) is 4.28. The van der Waals surface area contributed by atoms with Crippen molar-refractivity contribution < 1.29 is 19.4 Å². The summed E-state index contributed by atoms with van der Waals surface area (Å²) >= 11 is 0. The number of hydrogen-bond acceptors (Lipinski definition) is 10. The zero-order valence-electron chi connectivity index (χ0n) is 18.1. The van der Waals surface area contributed by atoms with Crippen LogP contribution in [0, 0.1) is 0 Å². The molecule has 0 spiro atoms. The van der Waals surface area contributed by atoms with Crippen molar-refractivity contribution in [3.05, 3.63) is 42.4 Å². The number of morpholine rings is 1. The first-order chi connectivity index (χ1) is 16.2. The van der Waals surface area contributed by atoms with E-state index in [0.717, 1.165) is 44.6 Å². The quantitative estimate of drug-likeness (QED) is 0.590. The monoisotopic (exact) mass is 449 g/mol. The topological polar surface area (TPSA) is 125 Å². The smallest absolute Gasteiger partial charge is 0.225 e. The molecule has 10 heteroatoms. The second kappa shape index (κ2) is 9.53. The van der Waals surface area contributed by atoms with Crippen molar-refractivity contribution in [1.29, 1.82) is 0 Å². The minimum absolute atomic E-state index is 0.00374. The molecule has 0 amide bonds. The van der Waals surface area contributed by atoms with Crippen LogP contribution >= 0.6 is 0 Å². The van der Waals surface area contributed by atoms with Gasteiger partial charge < -0.3 is 29.6 Å². The van der Waals surface area contributed by atoms with E-state index in [9.17, 15) is 9.90 Å². The predicted octanol–water partition coefficient (Wildman–Crippen LogP) is 1.42. The number of rotatable bonds is 6. The number of nitrogens with zero attached hydrogens (tertiary/aromatic N) is 5. The first-order valence-electron chi connectivity index (χ1n) is 11.2. The Morgan fingerprint density at radius 3 is 2.58 bits per heavy atom. The zero-order valence-corrected chi connectivity index (χ0v) is 18.1. The number of carboxylic acid groups (broad SMARTS) is 1. The van der Waals surface area contributed by atoms with Gasteiger partial charge in [0.05, 0.1) is 30.1 Å². The number of aromatic nitrogens is 4. The van der Waals surface area contributed by atoms with E-state index >= 15 is 0 Å². The van der Waals surface area contributed by atoms with Gasteiger partial charge >= 0.3 is 0 Å². The van der Waals surface area contributed by atoms with E-state index in [-0.39, 0.29) is 17.7 Å². The van der Waals surface area contributed by atoms with Crippen molar-refractivity contribution in [1.82, 2.24) is 19.9 Å². The van der Waals surface area contributed by atoms with Gasteiger partial charge in [0.15, 0.2) is 0 Å². The van der Waals surface area contributed by atoms with Crippen LogP contribution in [0.1, 0.15) is 36.0 Å². The first-order valence-corrected chi connectivity index (χ1v) is 11.2. The van der Waals surface area contributed by atoms with Crippen LogP contribution in [0.5, 0.6) is 5.88 Å². The summed E-state index contributed by atoms with van der Waals surface area (Å²) < 4.78 is 11.8. The Morgan fingerprint density at radius 2 is 1.85 bits per heavy atom. The van der Waals surface area contributed by atoms with Crippen LogP contribution in [0.4, 0.5) is 11.8 Å². The fourth-order valence-electron chi connectivity index (χ4n) is 4.28. The minimum atomic E-state index is -1.28. The zero-order chi connectivity index (χ0) is 22.6. The molecule has 4 heterocycles. The molecule has 2 aliphatic rings. The number of nitrogens with one attached hydrogen (secondary N) is 1. The van der Waals surface area contributed by atoms with Gasteiger partial charge in [-0.3, -0.25) is 4.98 Å². The highest BCUT2D eigenvalue weighted by molar-refractivity contribution is 5.94. The first kappa shape index (κ1) is 21.3. The van der Waals surface area contributed by atoms with E-state index in [1.807, 2.05) is 6.07 Å². The summed E-state index contributed by atoms with van der Waals surface area (Å²) in [5, 5.41) is 15.3. The Labute approximate surface area is 191 Å². The van der Waals surface area contributed by atoms with E-state index in [1.54, 1.807) is 18.5 Å². The summed E-state index contributed by atoms with van der Waals surface area (Å²) in [5.41, 5.74) is 0.645. The summed E-state index contributed by atoms with van der Waals surface area (Å²) in [4.78, 5) is 31.1. The van der Waals surface area contributed by atoms with Crippen LogP contribution < -0.4 is 20.1 Å². The Bertz CT molecular complexity index is 1110. The highest BCUT2D eigenvalue weighted by atomic mass is 16.5. The van der Waals surface area contributed by atoms with Gasteiger partial charge in [-0.1, -0.05) is 0 Å². The number of carbonyl (C=O) groups excluding carboxylic acids is 1. The van der Waals surface area contributed by atoms with Gasteiger partial charge in [0.2, 0.25) is 11.8 Å². The van der Waals surface area contributed by atoms with E-state index in [0.29, 0.717) is 35.9 Å². The molecule has 33 heavy (non-hydrogen) atoms. The van der Waals surface area contributed by atoms with Crippen molar-refractivity contribution in [2.45, 2.75) is 37.8 Å². The maximum absolute atomic E-state index is 11.4. The van der Waals surface area contributed by atoms with Crippen molar-refractivity contribution in [2.24, 2.45) is 0 Å². The molecule has 1 N–H and O–H groups in total. The number of anilines is 2. The molecule has 0 bridgehead atoms. The lowest BCUT2D eigenvalue weighted by molar-refractivity contribution is -0.255. The van der Waals surface area contributed by atoms with Crippen LogP contribution in [0.15, 0.2) is 36.8 Å². The molecular weight excluding hydrogens is 424 g/mol. The Morgan fingerprint density at radius 1 is 1.09 bits per heavy atom. The van der Waals surface area contributed by atoms with Crippen molar-refractivity contribution in [3.63, 3.8) is 0 Å². The molecule has 3 aromatic rings. The number of carboxylic acids is 1. The van der Waals surface area contributed by atoms with Gasteiger partial charge in [-0.25, -0.2) is 9.97 Å². The molecule has 1 aliphatic heterocycles. The Kier molecular flexibility index (Phi) is 6.16.